The fraction of sp³-hybridized carbons (Fsp3) is 0.455. The van der Waals surface area contributed by atoms with Crippen LogP contribution in [0.3, 0.4) is 0 Å². The molecule has 0 aromatic carbocycles. The number of carbonyl (C=O) groups is 4. The summed E-state index contributed by atoms with van der Waals surface area (Å²) in [7, 11) is 0. The molecule has 0 unspecified atom stereocenters. The molecule has 0 saturated carbocycles. The van der Waals surface area contributed by atoms with Crippen LogP contribution in [0.1, 0.15) is 48.4 Å². The van der Waals surface area contributed by atoms with Gasteiger partial charge in [-0.1, -0.05) is 6.92 Å². The van der Waals surface area contributed by atoms with Gasteiger partial charge in [0.05, 0.1) is 48.7 Å². The van der Waals surface area contributed by atoms with Crippen molar-refractivity contribution in [3.05, 3.63) is 113 Å². The summed E-state index contributed by atoms with van der Waals surface area (Å²) in [6.07, 6.45) is 5.02. The molecule has 0 saturated heterocycles. The number of carbonyl (C=O) groups excluding carboxylic acids is 4. The molecule has 4 heterocycles. The average Bonchev–Trinajstić information content (AvgIpc) is 3.32. The monoisotopic (exact) mass is 984 g/mol. The van der Waals surface area contributed by atoms with Gasteiger partial charge in [0.2, 0.25) is 0 Å². The number of pyridine rings is 4. The zero-order valence-corrected chi connectivity index (χ0v) is 38.5. The fourth-order valence-corrected chi connectivity index (χ4v) is 7.34. The highest BCUT2D eigenvalue weighted by Gasteiger charge is 2.22. The Labute approximate surface area is 398 Å². The Balaban J connectivity index is 1.51. The number of nitrogens with zero attached hydrogens (tertiary/aromatic N) is 6. The molecule has 0 aliphatic carbocycles. The largest absolute Gasteiger partial charge is 0.502 e. The van der Waals surface area contributed by atoms with Crippen LogP contribution in [0.5, 0.6) is 23.0 Å². The van der Waals surface area contributed by atoms with E-state index in [1.54, 1.807) is 0 Å². The van der Waals surface area contributed by atoms with Gasteiger partial charge in [-0.05, 0) is 30.2 Å². The van der Waals surface area contributed by atoms with Crippen molar-refractivity contribution in [1.29, 1.82) is 0 Å². The van der Waals surface area contributed by atoms with Crippen molar-refractivity contribution >= 4 is 23.6 Å². The summed E-state index contributed by atoms with van der Waals surface area (Å²) in [5, 5.41) is 89.2. The molecule has 26 heteroatoms. The molecule has 0 aliphatic rings. The van der Waals surface area contributed by atoms with Gasteiger partial charge in [-0.25, -0.2) is 0 Å². The number of aliphatic hydroxyl groups is 4. The number of nitrogens with one attached hydrogen (secondary N) is 4. The van der Waals surface area contributed by atoms with Crippen LogP contribution in [-0.2, 0) is 26.2 Å². The Kier molecular flexibility index (Phi) is 21.3. The molecular weight excluding hydrogens is 925 g/mol. The second-order valence-corrected chi connectivity index (χ2v) is 15.9. The lowest BCUT2D eigenvalue weighted by atomic mass is 10.1. The molecule has 0 bridgehead atoms. The van der Waals surface area contributed by atoms with Crippen molar-refractivity contribution < 1.29 is 60.0 Å². The van der Waals surface area contributed by atoms with E-state index in [4.69, 9.17) is 0 Å². The fourth-order valence-electron chi connectivity index (χ4n) is 7.34. The number of aromatic hydroxyl groups is 4. The first-order valence-corrected chi connectivity index (χ1v) is 22.2. The SMILES string of the molecule is CC(CN(CCNC(=O)c1ccn(CCO)c(=O)c1O)CCNC(=O)c1ccn(CCO)c(=O)c1O)CN(CCNC(=O)c1ccn(CCO)c(=O)c1O)CCNC(=O)c1ccn(CCO)c(=O)c1O. The summed E-state index contributed by atoms with van der Waals surface area (Å²) in [6, 6.07) is 4.90. The molecule has 0 atom stereocenters. The van der Waals surface area contributed by atoms with E-state index in [0.29, 0.717) is 0 Å². The summed E-state index contributed by atoms with van der Waals surface area (Å²) in [4.78, 5) is 106. The van der Waals surface area contributed by atoms with Gasteiger partial charge in [0.15, 0.2) is 23.0 Å². The first-order chi connectivity index (χ1) is 33.5. The van der Waals surface area contributed by atoms with Gasteiger partial charge < -0.3 is 80.4 Å². The van der Waals surface area contributed by atoms with Crippen molar-refractivity contribution in [3.63, 3.8) is 0 Å². The maximum atomic E-state index is 13.1. The van der Waals surface area contributed by atoms with E-state index < -0.39 is 68.9 Å². The van der Waals surface area contributed by atoms with Crippen molar-refractivity contribution in [1.82, 2.24) is 49.3 Å². The summed E-state index contributed by atoms with van der Waals surface area (Å²) >= 11 is 0. The molecule has 4 rings (SSSR count). The highest BCUT2D eigenvalue weighted by molar-refractivity contribution is 5.98. The van der Waals surface area contributed by atoms with Gasteiger partial charge in [-0.2, -0.15) is 0 Å². The van der Waals surface area contributed by atoms with E-state index in [0.717, 1.165) is 18.3 Å². The third kappa shape index (κ3) is 14.8. The van der Waals surface area contributed by atoms with Crippen LogP contribution in [0.4, 0.5) is 0 Å². The molecular formula is C44H60N10O16. The first-order valence-electron chi connectivity index (χ1n) is 22.2. The maximum Gasteiger partial charge on any atom is 0.293 e. The molecule has 0 spiro atoms. The Hall–Kier alpha value is -7.36. The zero-order chi connectivity index (χ0) is 51.5. The lowest BCUT2D eigenvalue weighted by Crippen LogP contribution is -2.45. The smallest absolute Gasteiger partial charge is 0.293 e. The molecule has 382 valence electrons. The Morgan fingerprint density at radius 1 is 0.443 bits per heavy atom. The molecule has 0 aliphatic heterocycles. The molecule has 4 aromatic rings. The number of aliphatic hydroxyl groups excluding tert-OH is 4. The number of aromatic nitrogens is 4. The Morgan fingerprint density at radius 2 is 0.657 bits per heavy atom. The van der Waals surface area contributed by atoms with Crippen LogP contribution in [0.25, 0.3) is 0 Å². The van der Waals surface area contributed by atoms with Crippen molar-refractivity contribution in [3.8, 4) is 23.0 Å². The summed E-state index contributed by atoms with van der Waals surface area (Å²) in [6.45, 7) is 0.949. The van der Waals surface area contributed by atoms with E-state index in [-0.39, 0.29) is 146 Å². The van der Waals surface area contributed by atoms with Crippen LogP contribution in [0.2, 0.25) is 0 Å². The topological polar surface area (TPSA) is 373 Å². The summed E-state index contributed by atoms with van der Waals surface area (Å²) in [5.41, 5.74) is -4.72. The summed E-state index contributed by atoms with van der Waals surface area (Å²) in [5.74, 6) is -6.59. The van der Waals surface area contributed by atoms with Crippen LogP contribution in [0, 0.1) is 5.92 Å². The third-order valence-electron chi connectivity index (χ3n) is 10.9. The van der Waals surface area contributed by atoms with Crippen LogP contribution >= 0.6 is 0 Å². The molecule has 12 N–H and O–H groups in total. The van der Waals surface area contributed by atoms with Crippen molar-refractivity contribution in [2.24, 2.45) is 5.92 Å². The van der Waals surface area contributed by atoms with Crippen LogP contribution in [-0.4, -0.2) is 184 Å². The Morgan fingerprint density at radius 3 is 0.857 bits per heavy atom. The van der Waals surface area contributed by atoms with E-state index in [1.807, 2.05) is 16.7 Å². The minimum absolute atomic E-state index is 0.0286. The Bertz CT molecular complexity index is 2340. The second kappa shape index (κ2) is 27.0. The lowest BCUT2D eigenvalue weighted by Gasteiger charge is -2.30. The number of hydrogen-bond acceptors (Lipinski definition) is 18. The van der Waals surface area contributed by atoms with Gasteiger partial charge in [0.1, 0.15) is 0 Å². The van der Waals surface area contributed by atoms with E-state index in [1.165, 1.54) is 49.1 Å². The molecule has 26 nitrogen and oxygen atoms in total. The van der Waals surface area contributed by atoms with E-state index in [9.17, 15) is 79.2 Å². The minimum Gasteiger partial charge on any atom is -0.502 e. The number of hydrogen-bond donors (Lipinski definition) is 12. The average molecular weight is 985 g/mol. The van der Waals surface area contributed by atoms with E-state index in [2.05, 4.69) is 21.3 Å². The normalized spacial score (nSPS) is 11.3. The number of rotatable bonds is 28. The molecule has 4 amide bonds. The lowest BCUT2D eigenvalue weighted by molar-refractivity contribution is 0.0931. The molecule has 4 aromatic heterocycles. The molecule has 0 radical (unpaired) electrons. The number of amides is 4. The minimum atomic E-state index is -0.878. The quantitative estimate of drug-likeness (QED) is 0.0255. The first kappa shape index (κ1) is 55.2. The molecule has 0 fully saturated rings. The molecule has 70 heavy (non-hydrogen) atoms. The van der Waals surface area contributed by atoms with Gasteiger partial charge >= 0.3 is 0 Å². The highest BCUT2D eigenvalue weighted by atomic mass is 16.3. The third-order valence-corrected chi connectivity index (χ3v) is 10.9. The van der Waals surface area contributed by atoms with Crippen LogP contribution in [0.15, 0.2) is 68.2 Å². The zero-order valence-electron chi connectivity index (χ0n) is 38.5. The highest BCUT2D eigenvalue weighted by Crippen LogP contribution is 2.14. The second-order valence-electron chi connectivity index (χ2n) is 15.9. The van der Waals surface area contributed by atoms with Gasteiger partial charge in [0, 0.05) is 116 Å². The van der Waals surface area contributed by atoms with Crippen LogP contribution < -0.4 is 43.5 Å². The standard InChI is InChI=1S/C44H60N10O16/c1-28(26-49(14-6-45-37(63)29-2-10-51(18-22-55)41(67)33(29)59)15-7-46-38(64)30-3-11-52(19-23-56)42(68)34(30)60)27-50(16-8-47-39(65)31-4-12-53(20-24-57)43(69)35(31)61)17-9-48-40(66)32-5-13-54(21-25-58)44(70)36(32)62/h2-5,10-13,28,55-62H,6-9,14-27H2,1H3,(H,45,63)(H,46,64)(H,47,65)(H,48,66). The predicted molar refractivity (Wildman–Crippen MR) is 249 cm³/mol. The maximum absolute atomic E-state index is 13.1. The summed E-state index contributed by atoms with van der Waals surface area (Å²) < 4.78 is 4.14. The van der Waals surface area contributed by atoms with Crippen molar-refractivity contribution in [2.75, 3.05) is 91.9 Å². The van der Waals surface area contributed by atoms with Crippen molar-refractivity contribution in [2.45, 2.75) is 33.1 Å². The van der Waals surface area contributed by atoms with Gasteiger partial charge in [-0.3, -0.25) is 48.2 Å². The van der Waals surface area contributed by atoms with E-state index >= 15 is 0 Å². The van der Waals surface area contributed by atoms with Gasteiger partial charge in [-0.15, -0.1) is 0 Å². The van der Waals surface area contributed by atoms with Gasteiger partial charge in [0.25, 0.3) is 45.9 Å². The predicted octanol–water partition coefficient (Wildman–Crippen LogP) is -4.62.